The van der Waals surface area contributed by atoms with Gasteiger partial charge in [-0.25, -0.2) is 0 Å². The third kappa shape index (κ3) is 3.64. The van der Waals surface area contributed by atoms with E-state index in [0.29, 0.717) is 6.04 Å². The Morgan fingerprint density at radius 3 is 1.89 bits per heavy atom. The summed E-state index contributed by atoms with van der Waals surface area (Å²) in [5.74, 6) is 7.00. The Bertz CT molecular complexity index is 236. The Labute approximate surface area is 131 Å². The second kappa shape index (κ2) is 7.84. The monoisotopic (exact) mass is 330 g/mol. The maximum atomic E-state index is 6.27. The highest BCUT2D eigenvalue weighted by atomic mass is 35.5. The zero-order valence-electron chi connectivity index (χ0n) is 10.6. The molecule has 1 saturated carbocycles. The first-order valence-electron chi connectivity index (χ1n) is 6.49. The molecule has 2 nitrogen and oxygen atoms in total. The number of thioether (sulfide) groups is 2. The topological polar surface area (TPSA) is 29.3 Å². The molecule has 0 aromatic rings. The fourth-order valence-electron chi connectivity index (χ4n) is 3.41. The minimum Gasteiger partial charge on any atom is -0.327 e. The average molecular weight is 331 g/mol. The zero-order chi connectivity index (χ0) is 11.0. The van der Waals surface area contributed by atoms with E-state index >= 15 is 0 Å². The summed E-state index contributed by atoms with van der Waals surface area (Å²) in [6, 6.07) is 1.34. The lowest BCUT2D eigenvalue weighted by atomic mass is 9.92. The normalized spacial score (nSPS) is 37.5. The Morgan fingerprint density at radius 1 is 0.889 bits per heavy atom. The van der Waals surface area contributed by atoms with Gasteiger partial charge in [-0.3, -0.25) is 4.90 Å². The SMILES string of the molecule is Cl.Cl.NC1[C@@H]2CC[C@H]1CN(C1CSCCSC1)C2. The summed E-state index contributed by atoms with van der Waals surface area (Å²) in [7, 11) is 0. The van der Waals surface area contributed by atoms with E-state index in [0.717, 1.165) is 17.9 Å². The van der Waals surface area contributed by atoms with Crippen LogP contribution in [0.1, 0.15) is 12.8 Å². The van der Waals surface area contributed by atoms with Crippen molar-refractivity contribution in [2.45, 2.75) is 24.9 Å². The summed E-state index contributed by atoms with van der Waals surface area (Å²) in [6.07, 6.45) is 2.77. The molecular weight excluding hydrogens is 307 g/mol. The molecule has 2 bridgehead atoms. The number of nitrogens with zero attached hydrogens (tertiary/aromatic N) is 1. The number of likely N-dealkylation sites (tertiary alicyclic amines) is 1. The molecule has 6 heteroatoms. The van der Waals surface area contributed by atoms with Crippen LogP contribution in [0, 0.1) is 11.8 Å². The van der Waals surface area contributed by atoms with Crippen molar-refractivity contribution in [1.29, 1.82) is 0 Å². The van der Waals surface area contributed by atoms with Crippen molar-refractivity contribution in [3.8, 4) is 0 Å². The van der Waals surface area contributed by atoms with Gasteiger partial charge in [0.1, 0.15) is 0 Å². The third-order valence-electron chi connectivity index (χ3n) is 4.44. The van der Waals surface area contributed by atoms with Crippen molar-refractivity contribution >= 4 is 48.3 Å². The molecule has 0 radical (unpaired) electrons. The van der Waals surface area contributed by atoms with Crippen molar-refractivity contribution in [2.24, 2.45) is 17.6 Å². The lowest BCUT2D eigenvalue weighted by Gasteiger charge is -2.40. The Kier molecular flexibility index (Phi) is 7.52. The predicted molar refractivity (Wildman–Crippen MR) is 88.7 cm³/mol. The highest BCUT2D eigenvalue weighted by molar-refractivity contribution is 8.03. The van der Waals surface area contributed by atoms with Crippen LogP contribution < -0.4 is 5.73 Å². The molecule has 3 atom stereocenters. The van der Waals surface area contributed by atoms with Gasteiger partial charge in [0.15, 0.2) is 0 Å². The van der Waals surface area contributed by atoms with Crippen LogP contribution in [0.3, 0.4) is 0 Å². The lowest BCUT2D eigenvalue weighted by Crippen LogP contribution is -2.53. The van der Waals surface area contributed by atoms with E-state index in [4.69, 9.17) is 5.73 Å². The molecule has 0 spiro atoms. The first-order chi connectivity index (χ1) is 7.84. The predicted octanol–water partition coefficient (Wildman–Crippen LogP) is 2.35. The summed E-state index contributed by atoms with van der Waals surface area (Å²) in [4.78, 5) is 2.76. The van der Waals surface area contributed by atoms with Gasteiger partial charge < -0.3 is 5.73 Å². The van der Waals surface area contributed by atoms with Gasteiger partial charge in [0.2, 0.25) is 0 Å². The molecule has 2 heterocycles. The van der Waals surface area contributed by atoms with Crippen LogP contribution in [-0.2, 0) is 0 Å². The molecule has 2 N–H and O–H groups in total. The van der Waals surface area contributed by atoms with Gasteiger partial charge in [0.25, 0.3) is 0 Å². The molecule has 1 unspecified atom stereocenters. The number of hydrogen-bond donors (Lipinski definition) is 1. The van der Waals surface area contributed by atoms with Crippen molar-refractivity contribution in [3.05, 3.63) is 0 Å². The number of rotatable bonds is 1. The fourth-order valence-corrected chi connectivity index (χ4v) is 6.04. The van der Waals surface area contributed by atoms with Gasteiger partial charge in [-0.1, -0.05) is 0 Å². The second-order valence-corrected chi connectivity index (χ2v) is 7.73. The highest BCUT2D eigenvalue weighted by Crippen LogP contribution is 2.37. The van der Waals surface area contributed by atoms with Crippen molar-refractivity contribution < 1.29 is 0 Å². The Hall–Kier alpha value is 1.20. The molecule has 3 rings (SSSR count). The molecule has 108 valence electrons. The van der Waals surface area contributed by atoms with Gasteiger partial charge in [-0.2, -0.15) is 23.5 Å². The smallest absolute Gasteiger partial charge is 0.0277 e. The molecule has 2 saturated heterocycles. The van der Waals surface area contributed by atoms with Gasteiger partial charge in [0.05, 0.1) is 0 Å². The summed E-state index contributed by atoms with van der Waals surface area (Å²) in [5.41, 5.74) is 6.27. The quantitative estimate of drug-likeness (QED) is 0.799. The van der Waals surface area contributed by atoms with Crippen molar-refractivity contribution in [1.82, 2.24) is 4.90 Å². The van der Waals surface area contributed by atoms with Crippen LogP contribution in [0.4, 0.5) is 0 Å². The Balaban J connectivity index is 0.000000810. The molecule has 2 aliphatic heterocycles. The number of piperidine rings is 1. The first kappa shape index (κ1) is 17.3. The van der Waals surface area contributed by atoms with E-state index in [2.05, 4.69) is 28.4 Å². The van der Waals surface area contributed by atoms with Crippen LogP contribution >= 0.6 is 48.3 Å². The maximum Gasteiger partial charge on any atom is 0.0277 e. The van der Waals surface area contributed by atoms with Crippen molar-refractivity contribution in [3.63, 3.8) is 0 Å². The molecule has 3 aliphatic rings. The van der Waals surface area contributed by atoms with Gasteiger partial charge in [-0.05, 0) is 24.7 Å². The van der Waals surface area contributed by atoms with Gasteiger partial charge in [0, 0.05) is 48.2 Å². The number of hydrogen-bond acceptors (Lipinski definition) is 4. The van der Waals surface area contributed by atoms with E-state index in [1.165, 1.54) is 48.9 Å². The van der Waals surface area contributed by atoms with Gasteiger partial charge in [-0.15, -0.1) is 24.8 Å². The molecule has 18 heavy (non-hydrogen) atoms. The number of nitrogens with two attached hydrogens (primary N) is 1. The molecule has 0 aromatic heterocycles. The summed E-state index contributed by atoms with van der Waals surface area (Å²) in [6.45, 7) is 2.56. The maximum absolute atomic E-state index is 6.27. The van der Waals surface area contributed by atoms with Crippen LogP contribution in [0.5, 0.6) is 0 Å². The standard InChI is InChI=1S/C12H22N2S2.2ClH/c13-12-9-1-2-10(12)6-14(5-9)11-7-15-3-4-16-8-11;;/h9-12H,1-8,13H2;2*1H/t9-,10+,12?;;. The molecule has 0 aromatic carbocycles. The van der Waals surface area contributed by atoms with Crippen LogP contribution in [0.2, 0.25) is 0 Å². The fraction of sp³-hybridized carbons (Fsp3) is 1.00. The number of halogens is 2. The van der Waals surface area contributed by atoms with E-state index in [-0.39, 0.29) is 24.8 Å². The molecule has 1 aliphatic carbocycles. The molecule has 0 amide bonds. The van der Waals surface area contributed by atoms with Gasteiger partial charge >= 0.3 is 0 Å². The van der Waals surface area contributed by atoms with E-state index < -0.39 is 0 Å². The molecular formula is C12H24Cl2N2S2. The minimum atomic E-state index is 0. The summed E-state index contributed by atoms with van der Waals surface area (Å²) >= 11 is 4.29. The highest BCUT2D eigenvalue weighted by Gasteiger charge is 2.41. The number of fused-ring (bicyclic) bond motifs is 2. The second-order valence-electron chi connectivity index (χ2n) is 5.43. The van der Waals surface area contributed by atoms with E-state index in [9.17, 15) is 0 Å². The van der Waals surface area contributed by atoms with Crippen LogP contribution in [-0.4, -0.2) is 53.1 Å². The van der Waals surface area contributed by atoms with Crippen LogP contribution in [0.15, 0.2) is 0 Å². The average Bonchev–Trinajstić information content (AvgIpc) is 2.60. The largest absolute Gasteiger partial charge is 0.327 e. The molecule has 3 fully saturated rings. The van der Waals surface area contributed by atoms with Crippen molar-refractivity contribution in [2.75, 3.05) is 36.1 Å². The van der Waals surface area contributed by atoms with Crippen LogP contribution in [0.25, 0.3) is 0 Å². The third-order valence-corrected chi connectivity index (χ3v) is 6.93. The lowest BCUT2D eigenvalue weighted by molar-refractivity contribution is 0.120. The first-order valence-corrected chi connectivity index (χ1v) is 8.80. The van der Waals surface area contributed by atoms with E-state index in [1.807, 2.05) is 0 Å². The zero-order valence-corrected chi connectivity index (χ0v) is 13.9. The minimum absolute atomic E-state index is 0. The van der Waals surface area contributed by atoms with E-state index in [1.54, 1.807) is 0 Å². The Morgan fingerprint density at radius 2 is 1.39 bits per heavy atom. The summed E-state index contributed by atoms with van der Waals surface area (Å²) in [5, 5.41) is 0. The summed E-state index contributed by atoms with van der Waals surface area (Å²) < 4.78 is 0.